The molecule has 5 nitrogen and oxygen atoms in total. The Labute approximate surface area is 156 Å². The van der Waals surface area contributed by atoms with Crippen molar-refractivity contribution >= 4 is 28.2 Å². The first-order valence-electron chi connectivity index (χ1n) is 8.34. The zero-order chi connectivity index (χ0) is 18.3. The van der Waals surface area contributed by atoms with Crippen LogP contribution in [0.3, 0.4) is 0 Å². The summed E-state index contributed by atoms with van der Waals surface area (Å²) in [7, 11) is 3.29. The lowest BCUT2D eigenvalue weighted by Crippen LogP contribution is -2.00. The molecule has 3 N–H and O–H groups in total. The Morgan fingerprint density at radius 3 is 2.50 bits per heavy atom. The van der Waals surface area contributed by atoms with E-state index in [0.29, 0.717) is 12.3 Å². The number of aromatic amines is 2. The summed E-state index contributed by atoms with van der Waals surface area (Å²) in [6, 6.07) is 12.2. The number of rotatable bonds is 5. The van der Waals surface area contributed by atoms with E-state index in [1.807, 2.05) is 31.2 Å². The molecular weight excluding hydrogens is 350 g/mol. The van der Waals surface area contributed by atoms with Crippen LogP contribution in [0.5, 0.6) is 11.5 Å². The second-order valence-corrected chi connectivity index (χ2v) is 6.70. The fourth-order valence-corrected chi connectivity index (χ4v) is 3.41. The molecule has 26 heavy (non-hydrogen) atoms. The summed E-state index contributed by atoms with van der Waals surface area (Å²) in [5.41, 5.74) is 4.33. The maximum absolute atomic E-state index is 6.21. The van der Waals surface area contributed by atoms with Crippen molar-refractivity contribution in [3.63, 3.8) is 0 Å². The molecule has 0 spiro atoms. The molecule has 0 unspecified atom stereocenters. The van der Waals surface area contributed by atoms with Gasteiger partial charge in [-0.1, -0.05) is 23.7 Å². The normalized spacial score (nSPS) is 11.2. The van der Waals surface area contributed by atoms with Crippen LogP contribution in [0.15, 0.2) is 36.4 Å². The number of halogens is 1. The minimum atomic E-state index is 0.678. The third kappa shape index (κ3) is 2.74. The van der Waals surface area contributed by atoms with Gasteiger partial charge in [-0.05, 0) is 47.7 Å². The lowest BCUT2D eigenvalue weighted by molar-refractivity contribution is 0.356. The van der Waals surface area contributed by atoms with Crippen LogP contribution in [0.1, 0.15) is 11.1 Å². The van der Waals surface area contributed by atoms with Crippen molar-refractivity contribution in [2.45, 2.75) is 13.5 Å². The zero-order valence-electron chi connectivity index (χ0n) is 14.9. The van der Waals surface area contributed by atoms with E-state index in [4.69, 9.17) is 21.1 Å². The second-order valence-electron chi connectivity index (χ2n) is 6.29. The molecule has 1 aliphatic heterocycles. The van der Waals surface area contributed by atoms with Gasteiger partial charge < -0.3 is 14.8 Å². The first-order chi connectivity index (χ1) is 12.6. The second kappa shape index (κ2) is 6.50. The Hall–Kier alpha value is -2.79. The summed E-state index contributed by atoms with van der Waals surface area (Å²) in [5, 5.41) is 12.9. The summed E-state index contributed by atoms with van der Waals surface area (Å²) < 4.78 is 10.8. The number of aromatic nitrogens is 2. The molecule has 2 aliphatic rings. The van der Waals surface area contributed by atoms with Crippen LogP contribution in [0, 0.1) is 6.92 Å². The molecule has 0 fully saturated rings. The molecule has 1 aliphatic carbocycles. The van der Waals surface area contributed by atoms with Gasteiger partial charge >= 0.3 is 0 Å². The van der Waals surface area contributed by atoms with Crippen molar-refractivity contribution in [1.29, 1.82) is 0 Å². The molecule has 1 heterocycles. The predicted octanol–water partition coefficient (Wildman–Crippen LogP) is 5.19. The van der Waals surface area contributed by atoms with E-state index in [-0.39, 0.29) is 0 Å². The van der Waals surface area contributed by atoms with Gasteiger partial charge in [-0.15, -0.1) is 0 Å². The van der Waals surface area contributed by atoms with Crippen LogP contribution in [0.25, 0.3) is 22.0 Å². The molecule has 2 aromatic carbocycles. The van der Waals surface area contributed by atoms with Gasteiger partial charge in [0, 0.05) is 22.5 Å². The molecule has 0 aromatic heterocycles. The third-order valence-corrected chi connectivity index (χ3v) is 5.09. The minimum absolute atomic E-state index is 0.678. The number of ether oxygens (including phenoxy) is 2. The molecule has 4 rings (SSSR count). The van der Waals surface area contributed by atoms with Crippen molar-refractivity contribution in [1.82, 2.24) is 10.2 Å². The summed E-state index contributed by atoms with van der Waals surface area (Å²) in [6.07, 6.45) is 0. The number of fused-ring (bicyclic) bond motifs is 3. The number of anilines is 1. The summed E-state index contributed by atoms with van der Waals surface area (Å²) in [4.78, 5) is 0. The fraction of sp³-hybridized carbons (Fsp3) is 0.200. The fourth-order valence-electron chi connectivity index (χ4n) is 3.20. The number of aryl methyl sites for hydroxylation is 1. The molecule has 134 valence electrons. The average molecular weight is 370 g/mol. The topological polar surface area (TPSA) is 62.1 Å². The highest BCUT2D eigenvalue weighted by Crippen LogP contribution is 2.42. The Morgan fingerprint density at radius 1 is 1.00 bits per heavy atom. The van der Waals surface area contributed by atoms with Crippen LogP contribution < -0.4 is 14.8 Å². The van der Waals surface area contributed by atoms with Crippen LogP contribution in [0.4, 0.5) is 5.82 Å². The van der Waals surface area contributed by atoms with Crippen LogP contribution in [-0.2, 0) is 6.54 Å². The van der Waals surface area contributed by atoms with E-state index in [0.717, 1.165) is 49.7 Å². The Bertz CT molecular complexity index is 1050. The number of methoxy groups -OCH3 is 2. The highest BCUT2D eigenvalue weighted by molar-refractivity contribution is 6.31. The van der Waals surface area contributed by atoms with Crippen molar-refractivity contribution < 1.29 is 9.47 Å². The van der Waals surface area contributed by atoms with E-state index in [1.165, 1.54) is 0 Å². The first kappa shape index (κ1) is 16.7. The van der Waals surface area contributed by atoms with Gasteiger partial charge in [-0.2, -0.15) is 0 Å². The largest absolute Gasteiger partial charge is 0.493 e. The number of benzene rings is 2. The van der Waals surface area contributed by atoms with Crippen LogP contribution in [-0.4, -0.2) is 24.4 Å². The Morgan fingerprint density at radius 2 is 1.77 bits per heavy atom. The predicted molar refractivity (Wildman–Crippen MR) is 106 cm³/mol. The van der Waals surface area contributed by atoms with Crippen molar-refractivity contribution in [3.05, 3.63) is 52.5 Å². The number of nitrogens with one attached hydrogen (secondary N) is 3. The summed E-state index contributed by atoms with van der Waals surface area (Å²) >= 11 is 6.21. The van der Waals surface area contributed by atoms with E-state index in [2.05, 4.69) is 27.6 Å². The molecule has 2 aromatic rings. The van der Waals surface area contributed by atoms with E-state index >= 15 is 0 Å². The van der Waals surface area contributed by atoms with Crippen molar-refractivity contribution in [2.24, 2.45) is 0 Å². The van der Waals surface area contributed by atoms with Gasteiger partial charge in [-0.3, -0.25) is 10.2 Å². The molecule has 0 saturated heterocycles. The maximum Gasteiger partial charge on any atom is 0.161 e. The van der Waals surface area contributed by atoms with Gasteiger partial charge in [0.15, 0.2) is 11.5 Å². The Kier molecular flexibility index (Phi) is 4.17. The van der Waals surface area contributed by atoms with Gasteiger partial charge in [0.25, 0.3) is 0 Å². The first-order valence-corrected chi connectivity index (χ1v) is 8.72. The minimum Gasteiger partial charge on any atom is -0.493 e. The van der Waals surface area contributed by atoms with Crippen molar-refractivity contribution in [2.75, 3.05) is 19.5 Å². The van der Waals surface area contributed by atoms with Gasteiger partial charge in [0.2, 0.25) is 0 Å². The van der Waals surface area contributed by atoms with Gasteiger partial charge in [-0.25, -0.2) is 0 Å². The SMILES string of the molecule is COc1cc2cc3c(NCc4ccc(C)c(Cl)c4)[nH][nH]c-3c2cc1OC. The molecule has 0 bridgehead atoms. The van der Waals surface area contributed by atoms with E-state index in [1.54, 1.807) is 14.2 Å². The highest BCUT2D eigenvalue weighted by atomic mass is 35.5. The quantitative estimate of drug-likeness (QED) is 0.453. The molecule has 6 heteroatoms. The maximum atomic E-state index is 6.21. The third-order valence-electron chi connectivity index (χ3n) is 4.68. The monoisotopic (exact) mass is 369 g/mol. The lowest BCUT2D eigenvalue weighted by atomic mass is 10.1. The molecular formula is C20H20ClN3O2. The smallest absolute Gasteiger partial charge is 0.161 e. The van der Waals surface area contributed by atoms with E-state index < -0.39 is 0 Å². The molecule has 0 saturated carbocycles. The van der Waals surface area contributed by atoms with E-state index in [9.17, 15) is 0 Å². The van der Waals surface area contributed by atoms with Gasteiger partial charge in [0.1, 0.15) is 5.82 Å². The van der Waals surface area contributed by atoms with Crippen LogP contribution in [0.2, 0.25) is 5.02 Å². The molecule has 0 atom stereocenters. The number of hydrogen-bond donors (Lipinski definition) is 3. The van der Waals surface area contributed by atoms with Gasteiger partial charge in [0.05, 0.1) is 19.9 Å². The standard InChI is InChI=1S/C20H20ClN3O2/c1-11-4-5-12(6-16(11)21)10-22-20-15-7-13-8-17(25-2)18(26-3)9-14(13)19(15)23-24-20/h4-9,22-24H,10H2,1-3H3. The highest BCUT2D eigenvalue weighted by Gasteiger charge is 2.19. The number of H-pyrrole nitrogens is 2. The molecule has 0 radical (unpaired) electrons. The summed E-state index contributed by atoms with van der Waals surface area (Å²) in [6.45, 7) is 2.68. The van der Waals surface area contributed by atoms with Crippen LogP contribution >= 0.6 is 11.6 Å². The lowest BCUT2D eigenvalue weighted by Gasteiger charge is -2.07. The van der Waals surface area contributed by atoms with Crippen molar-refractivity contribution in [3.8, 4) is 22.8 Å². The average Bonchev–Trinajstić information content (AvgIpc) is 3.20. The zero-order valence-corrected chi connectivity index (χ0v) is 15.6. The number of hydrogen-bond acceptors (Lipinski definition) is 3. The molecule has 0 amide bonds. The Balaban J connectivity index is 1.65. The summed E-state index contributed by atoms with van der Waals surface area (Å²) in [5.74, 6) is 2.37.